The fourth-order valence-electron chi connectivity index (χ4n) is 3.91. The lowest BCUT2D eigenvalue weighted by atomic mass is 9.82. The second-order valence-corrected chi connectivity index (χ2v) is 8.48. The van der Waals surface area contributed by atoms with Gasteiger partial charge in [0.2, 0.25) is 5.91 Å². The van der Waals surface area contributed by atoms with Gasteiger partial charge in [-0.05, 0) is 19.8 Å². The van der Waals surface area contributed by atoms with E-state index in [1.165, 1.54) is 6.92 Å². The maximum absolute atomic E-state index is 11.9. The van der Waals surface area contributed by atoms with Crippen LogP contribution >= 0.6 is 0 Å². The van der Waals surface area contributed by atoms with Gasteiger partial charge in [-0.15, -0.1) is 0 Å². The zero-order chi connectivity index (χ0) is 16.3. The number of hydrogen-bond acceptors (Lipinski definition) is 6. The normalized spacial score (nSPS) is 40.5. The van der Waals surface area contributed by atoms with Crippen LogP contribution in [0.2, 0.25) is 0 Å². The molecule has 1 amide bonds. The highest BCUT2D eigenvalue weighted by atomic mass is 32.2. The molecule has 3 fully saturated rings. The molecule has 7 nitrogen and oxygen atoms in total. The monoisotopic (exact) mass is 329 g/mol. The van der Waals surface area contributed by atoms with Crippen LogP contribution in [0.5, 0.6) is 0 Å². The first-order chi connectivity index (χ1) is 10.1. The van der Waals surface area contributed by atoms with E-state index in [4.69, 9.17) is 8.92 Å². The van der Waals surface area contributed by atoms with Gasteiger partial charge in [0.15, 0.2) is 0 Å². The van der Waals surface area contributed by atoms with Gasteiger partial charge in [-0.25, -0.2) is 0 Å². The summed E-state index contributed by atoms with van der Waals surface area (Å²) in [5.74, 6) is -1.12. The summed E-state index contributed by atoms with van der Waals surface area (Å²) in [6.45, 7) is 6.66. The molecule has 5 unspecified atom stereocenters. The van der Waals surface area contributed by atoms with Crippen molar-refractivity contribution in [1.29, 1.82) is 0 Å². The first kappa shape index (κ1) is 15.5. The average Bonchev–Trinajstić information content (AvgIpc) is 2.94. The summed E-state index contributed by atoms with van der Waals surface area (Å²) in [6, 6.07) is 0. The van der Waals surface area contributed by atoms with Crippen molar-refractivity contribution in [2.24, 2.45) is 11.3 Å². The molecule has 1 aliphatic heterocycles. The molecule has 5 atom stereocenters. The van der Waals surface area contributed by atoms with Gasteiger partial charge >= 0.3 is 5.97 Å². The third-order valence-electron chi connectivity index (χ3n) is 4.91. The lowest BCUT2D eigenvalue weighted by Gasteiger charge is -2.32. The molecule has 0 aromatic heterocycles. The van der Waals surface area contributed by atoms with Gasteiger partial charge in [-0.2, -0.15) is 8.42 Å². The fraction of sp³-hybridized carbons (Fsp3) is 0.714. The summed E-state index contributed by atoms with van der Waals surface area (Å²) in [6.07, 6.45) is -0.0423. The molecule has 1 N–H and O–H groups in total. The summed E-state index contributed by atoms with van der Waals surface area (Å²) < 4.78 is 34.4. The van der Waals surface area contributed by atoms with Crippen LogP contribution in [-0.2, 0) is 28.6 Å². The zero-order valence-corrected chi connectivity index (χ0v) is 13.3. The number of ether oxygens (including phenoxy) is 1. The van der Waals surface area contributed by atoms with Crippen molar-refractivity contribution in [2.45, 2.75) is 44.1 Å². The van der Waals surface area contributed by atoms with Gasteiger partial charge in [0, 0.05) is 16.9 Å². The van der Waals surface area contributed by atoms with E-state index < -0.39 is 39.5 Å². The Morgan fingerprint density at radius 1 is 1.41 bits per heavy atom. The average molecular weight is 329 g/mol. The Labute approximate surface area is 129 Å². The molecule has 2 aliphatic carbocycles. The Hall–Kier alpha value is -1.41. The minimum absolute atomic E-state index is 0.0992. The Balaban J connectivity index is 1.66. The molecule has 2 bridgehead atoms. The predicted molar refractivity (Wildman–Crippen MR) is 76.1 cm³/mol. The van der Waals surface area contributed by atoms with E-state index in [0.29, 0.717) is 18.4 Å². The largest absolute Gasteiger partial charge is 0.458 e. The Kier molecular flexibility index (Phi) is 3.37. The molecular formula is C14H19NO6S. The van der Waals surface area contributed by atoms with Gasteiger partial charge < -0.3 is 10.1 Å². The summed E-state index contributed by atoms with van der Waals surface area (Å²) >= 11 is 0. The van der Waals surface area contributed by atoms with E-state index in [9.17, 15) is 18.0 Å². The van der Waals surface area contributed by atoms with Crippen molar-refractivity contribution in [3.63, 3.8) is 0 Å². The fourth-order valence-corrected chi connectivity index (χ4v) is 5.87. The van der Waals surface area contributed by atoms with Gasteiger partial charge in [0.25, 0.3) is 10.1 Å². The molecule has 0 aromatic carbocycles. The first-order valence-electron chi connectivity index (χ1n) is 7.19. The van der Waals surface area contributed by atoms with E-state index in [0.717, 1.165) is 0 Å². The third-order valence-corrected chi connectivity index (χ3v) is 6.66. The highest BCUT2D eigenvalue weighted by Gasteiger charge is 2.70. The maximum Gasteiger partial charge on any atom is 0.325 e. The maximum atomic E-state index is 11.9. The molecule has 3 aliphatic rings. The number of esters is 1. The van der Waals surface area contributed by atoms with Gasteiger partial charge in [0.05, 0.1) is 5.25 Å². The molecule has 0 radical (unpaired) electrons. The van der Waals surface area contributed by atoms with Crippen LogP contribution < -0.4 is 5.32 Å². The lowest BCUT2D eigenvalue weighted by molar-refractivity contribution is -0.159. The van der Waals surface area contributed by atoms with Crippen LogP contribution in [0.4, 0.5) is 0 Å². The molecule has 3 rings (SSSR count). The second kappa shape index (κ2) is 4.79. The third kappa shape index (κ3) is 2.25. The second-order valence-electron chi connectivity index (χ2n) is 6.69. The van der Waals surface area contributed by atoms with Crippen LogP contribution in [0.1, 0.15) is 26.7 Å². The van der Waals surface area contributed by atoms with Crippen LogP contribution in [0.15, 0.2) is 12.2 Å². The standard InChI is InChI=1S/C14H19NO6S/c1-7(2)13(17)15-6-10(16)20-12-11-8-4-14(12,3)5-9(8)22(18,19)21-11/h8-9,11-12H,1,4-6H2,2-3H3,(H,15,17). The van der Waals surface area contributed by atoms with Crippen LogP contribution in [-0.4, -0.2) is 44.3 Å². The van der Waals surface area contributed by atoms with Crippen LogP contribution in [0.25, 0.3) is 0 Å². The molecule has 1 saturated heterocycles. The van der Waals surface area contributed by atoms with Crippen LogP contribution in [0, 0.1) is 11.3 Å². The van der Waals surface area contributed by atoms with Crippen molar-refractivity contribution in [3.05, 3.63) is 12.2 Å². The van der Waals surface area contributed by atoms with Gasteiger partial charge in [-0.3, -0.25) is 13.8 Å². The molecule has 122 valence electrons. The first-order valence-corrected chi connectivity index (χ1v) is 8.66. The van der Waals surface area contributed by atoms with Gasteiger partial charge in [0.1, 0.15) is 18.8 Å². The molecule has 0 aromatic rings. The van der Waals surface area contributed by atoms with E-state index in [1.807, 2.05) is 6.92 Å². The SMILES string of the molecule is C=C(C)C(=O)NCC(=O)OC1C2OS(=O)(=O)C3CC1(C)CC23. The summed E-state index contributed by atoms with van der Waals surface area (Å²) in [4.78, 5) is 23.3. The molecule has 8 heteroatoms. The van der Waals surface area contributed by atoms with E-state index in [2.05, 4.69) is 11.9 Å². The molecular weight excluding hydrogens is 310 g/mol. The highest BCUT2D eigenvalue weighted by Crippen LogP contribution is 2.62. The summed E-state index contributed by atoms with van der Waals surface area (Å²) in [7, 11) is -3.55. The van der Waals surface area contributed by atoms with Gasteiger partial charge in [-0.1, -0.05) is 13.5 Å². The van der Waals surface area contributed by atoms with E-state index in [1.54, 1.807) is 0 Å². The van der Waals surface area contributed by atoms with E-state index >= 15 is 0 Å². The number of nitrogens with one attached hydrogen (secondary N) is 1. The molecule has 22 heavy (non-hydrogen) atoms. The van der Waals surface area contributed by atoms with Crippen molar-refractivity contribution in [2.75, 3.05) is 6.54 Å². The Morgan fingerprint density at radius 2 is 2.09 bits per heavy atom. The number of carbonyl (C=O) groups is 2. The molecule has 1 heterocycles. The zero-order valence-electron chi connectivity index (χ0n) is 12.5. The Bertz CT molecular complexity index is 656. The lowest BCUT2D eigenvalue weighted by Crippen LogP contribution is -2.44. The minimum atomic E-state index is -3.55. The van der Waals surface area contributed by atoms with Crippen LogP contribution in [0.3, 0.4) is 0 Å². The molecule has 2 saturated carbocycles. The van der Waals surface area contributed by atoms with E-state index in [-0.39, 0.29) is 17.9 Å². The number of hydrogen-bond donors (Lipinski definition) is 1. The van der Waals surface area contributed by atoms with Crippen molar-refractivity contribution in [1.82, 2.24) is 5.32 Å². The van der Waals surface area contributed by atoms with Crippen molar-refractivity contribution in [3.8, 4) is 0 Å². The summed E-state index contributed by atoms with van der Waals surface area (Å²) in [5.41, 5.74) is -0.0785. The quantitative estimate of drug-likeness (QED) is 0.447. The summed E-state index contributed by atoms with van der Waals surface area (Å²) in [5, 5.41) is 1.93. The van der Waals surface area contributed by atoms with Crippen molar-refractivity contribution >= 4 is 22.0 Å². The highest BCUT2D eigenvalue weighted by molar-refractivity contribution is 7.87. The smallest absolute Gasteiger partial charge is 0.325 e. The number of carbonyl (C=O) groups excluding carboxylic acids is 2. The Morgan fingerprint density at radius 3 is 2.73 bits per heavy atom. The number of amides is 1. The van der Waals surface area contributed by atoms with Crippen molar-refractivity contribution < 1.29 is 26.9 Å². The predicted octanol–water partition coefficient (Wildman–Crippen LogP) is 0.118. The minimum Gasteiger partial charge on any atom is -0.458 e. The number of rotatable bonds is 4. The number of fused-ring (bicyclic) bond motifs is 1. The molecule has 0 spiro atoms. The topological polar surface area (TPSA) is 98.8 Å².